The van der Waals surface area contributed by atoms with Crippen molar-refractivity contribution in [2.45, 2.75) is 6.61 Å². The first-order valence-electron chi connectivity index (χ1n) is 7.60. The number of nitrogens with two attached hydrogens (primary N) is 2. The molecule has 0 bridgehead atoms. The van der Waals surface area contributed by atoms with E-state index in [0.29, 0.717) is 29.2 Å². The summed E-state index contributed by atoms with van der Waals surface area (Å²) in [5, 5.41) is 0. The molecule has 4 nitrogen and oxygen atoms in total. The molecule has 0 aliphatic carbocycles. The first-order chi connectivity index (χ1) is 11.6. The van der Waals surface area contributed by atoms with E-state index in [9.17, 15) is 4.79 Å². The molecule has 4 heteroatoms. The third kappa shape index (κ3) is 3.38. The minimum atomic E-state index is -0.176. The maximum absolute atomic E-state index is 12.7. The van der Waals surface area contributed by atoms with Gasteiger partial charge in [0.25, 0.3) is 0 Å². The molecular weight excluding hydrogens is 300 g/mol. The predicted octanol–water partition coefficient (Wildman–Crippen LogP) is 3.66. The second-order valence-corrected chi connectivity index (χ2v) is 5.44. The minimum Gasteiger partial charge on any atom is -0.489 e. The van der Waals surface area contributed by atoms with E-state index >= 15 is 0 Å². The van der Waals surface area contributed by atoms with Crippen LogP contribution in [0.4, 0.5) is 11.4 Å². The van der Waals surface area contributed by atoms with Crippen LogP contribution >= 0.6 is 0 Å². The predicted molar refractivity (Wildman–Crippen MR) is 95.9 cm³/mol. The molecule has 0 radical (unpaired) electrons. The van der Waals surface area contributed by atoms with Crippen LogP contribution in [-0.2, 0) is 6.61 Å². The zero-order valence-corrected chi connectivity index (χ0v) is 13.1. The molecule has 3 aromatic carbocycles. The summed E-state index contributed by atoms with van der Waals surface area (Å²) in [6.45, 7) is 0.392. The standard InChI is InChI=1S/C20H18N2O2/c21-18-12-16(24-13-14-7-3-1-4-8-14)11-17(19(18)22)20(23)15-9-5-2-6-10-15/h1-12H,13,21-22H2. The maximum Gasteiger partial charge on any atom is 0.195 e. The Labute approximate surface area is 140 Å². The van der Waals surface area contributed by atoms with Crippen molar-refractivity contribution in [1.29, 1.82) is 0 Å². The number of benzene rings is 3. The van der Waals surface area contributed by atoms with Crippen LogP contribution in [0, 0.1) is 0 Å². The highest BCUT2D eigenvalue weighted by Crippen LogP contribution is 2.29. The number of rotatable bonds is 5. The Morgan fingerprint density at radius 1 is 0.875 bits per heavy atom. The van der Waals surface area contributed by atoms with Crippen LogP contribution in [0.25, 0.3) is 0 Å². The van der Waals surface area contributed by atoms with E-state index in [1.165, 1.54) is 0 Å². The monoisotopic (exact) mass is 318 g/mol. The van der Waals surface area contributed by atoms with Crippen molar-refractivity contribution in [2.75, 3.05) is 11.5 Å². The van der Waals surface area contributed by atoms with Gasteiger partial charge in [-0.2, -0.15) is 0 Å². The highest BCUT2D eigenvalue weighted by Gasteiger charge is 2.16. The first kappa shape index (κ1) is 15.6. The molecule has 3 aromatic rings. The van der Waals surface area contributed by atoms with Crippen LogP contribution in [0.3, 0.4) is 0 Å². The zero-order chi connectivity index (χ0) is 16.9. The number of nitrogen functional groups attached to an aromatic ring is 2. The summed E-state index contributed by atoms with van der Waals surface area (Å²) >= 11 is 0. The summed E-state index contributed by atoms with van der Waals surface area (Å²) in [5.41, 5.74) is 14.5. The smallest absolute Gasteiger partial charge is 0.195 e. The Balaban J connectivity index is 1.87. The van der Waals surface area contributed by atoms with Crippen molar-refractivity contribution in [2.24, 2.45) is 0 Å². The zero-order valence-electron chi connectivity index (χ0n) is 13.1. The van der Waals surface area contributed by atoms with Crippen LogP contribution in [0.1, 0.15) is 21.5 Å². The van der Waals surface area contributed by atoms with Gasteiger partial charge in [-0.05, 0) is 11.6 Å². The molecule has 0 aromatic heterocycles. The molecule has 0 unspecified atom stereocenters. The molecule has 0 amide bonds. The van der Waals surface area contributed by atoms with E-state index < -0.39 is 0 Å². The Morgan fingerprint density at radius 2 is 1.50 bits per heavy atom. The molecule has 0 heterocycles. The maximum atomic E-state index is 12.7. The highest BCUT2D eigenvalue weighted by molar-refractivity contribution is 6.13. The number of carbonyl (C=O) groups is 1. The lowest BCUT2D eigenvalue weighted by Gasteiger charge is -2.12. The van der Waals surface area contributed by atoms with Crippen LogP contribution in [0.5, 0.6) is 5.75 Å². The van der Waals surface area contributed by atoms with Crippen LogP contribution in [-0.4, -0.2) is 5.78 Å². The fourth-order valence-corrected chi connectivity index (χ4v) is 2.41. The van der Waals surface area contributed by atoms with Crippen LogP contribution < -0.4 is 16.2 Å². The van der Waals surface area contributed by atoms with Crippen LogP contribution in [0.15, 0.2) is 72.8 Å². The van der Waals surface area contributed by atoms with Gasteiger partial charge in [-0.1, -0.05) is 60.7 Å². The Bertz CT molecular complexity index is 846. The molecule has 120 valence electrons. The van der Waals surface area contributed by atoms with Gasteiger partial charge >= 0.3 is 0 Å². The molecule has 0 atom stereocenters. The fraction of sp³-hybridized carbons (Fsp3) is 0.0500. The van der Waals surface area contributed by atoms with Gasteiger partial charge in [-0.25, -0.2) is 0 Å². The summed E-state index contributed by atoms with van der Waals surface area (Å²) in [6.07, 6.45) is 0. The van der Waals surface area contributed by atoms with E-state index in [2.05, 4.69) is 0 Å². The molecule has 0 saturated carbocycles. The van der Waals surface area contributed by atoms with Crippen molar-refractivity contribution in [3.8, 4) is 5.75 Å². The lowest BCUT2D eigenvalue weighted by atomic mass is 10.0. The average molecular weight is 318 g/mol. The molecule has 0 aliphatic heterocycles. The van der Waals surface area contributed by atoms with Gasteiger partial charge in [-0.15, -0.1) is 0 Å². The van der Waals surface area contributed by atoms with E-state index in [1.54, 1.807) is 24.3 Å². The average Bonchev–Trinajstić information content (AvgIpc) is 2.63. The molecule has 3 rings (SSSR count). The van der Waals surface area contributed by atoms with E-state index in [4.69, 9.17) is 16.2 Å². The third-order valence-electron chi connectivity index (χ3n) is 3.71. The lowest BCUT2D eigenvalue weighted by molar-refractivity contribution is 0.103. The quantitative estimate of drug-likeness (QED) is 0.556. The SMILES string of the molecule is Nc1cc(OCc2ccccc2)cc(C(=O)c2ccccc2)c1N. The second kappa shape index (κ2) is 6.87. The fourth-order valence-electron chi connectivity index (χ4n) is 2.41. The first-order valence-corrected chi connectivity index (χ1v) is 7.60. The normalized spacial score (nSPS) is 10.3. The number of hydrogen-bond donors (Lipinski definition) is 2. The third-order valence-corrected chi connectivity index (χ3v) is 3.71. The van der Waals surface area contributed by atoms with Gasteiger partial charge in [0.2, 0.25) is 0 Å². The largest absolute Gasteiger partial charge is 0.489 e. The van der Waals surface area contributed by atoms with Crippen molar-refractivity contribution in [1.82, 2.24) is 0 Å². The van der Waals surface area contributed by atoms with Gasteiger partial charge in [0.1, 0.15) is 12.4 Å². The van der Waals surface area contributed by atoms with Crippen molar-refractivity contribution >= 4 is 17.2 Å². The summed E-state index contributed by atoms with van der Waals surface area (Å²) < 4.78 is 5.77. The number of carbonyl (C=O) groups excluding carboxylic acids is 1. The van der Waals surface area contributed by atoms with Crippen molar-refractivity contribution in [3.63, 3.8) is 0 Å². The van der Waals surface area contributed by atoms with E-state index in [0.717, 1.165) is 5.56 Å². The molecular formula is C20H18N2O2. The Kier molecular flexibility index (Phi) is 4.47. The summed E-state index contributed by atoms with van der Waals surface area (Å²) in [5.74, 6) is 0.342. The second-order valence-electron chi connectivity index (χ2n) is 5.44. The molecule has 0 fully saturated rings. The molecule has 4 N–H and O–H groups in total. The van der Waals surface area contributed by atoms with Gasteiger partial charge < -0.3 is 16.2 Å². The number of ether oxygens (including phenoxy) is 1. The van der Waals surface area contributed by atoms with Crippen LogP contribution in [0.2, 0.25) is 0 Å². The van der Waals surface area contributed by atoms with Gasteiger partial charge in [0.05, 0.1) is 16.9 Å². The molecule has 0 saturated heterocycles. The summed E-state index contributed by atoms with van der Waals surface area (Å²) in [6, 6.07) is 22.0. The summed E-state index contributed by atoms with van der Waals surface area (Å²) in [4.78, 5) is 12.7. The van der Waals surface area contributed by atoms with Gasteiger partial charge in [-0.3, -0.25) is 4.79 Å². The van der Waals surface area contributed by atoms with E-state index in [1.807, 2.05) is 48.5 Å². The molecule has 0 aliphatic rings. The van der Waals surface area contributed by atoms with E-state index in [-0.39, 0.29) is 11.5 Å². The van der Waals surface area contributed by atoms with Crippen molar-refractivity contribution in [3.05, 3.63) is 89.5 Å². The number of hydrogen-bond acceptors (Lipinski definition) is 4. The Hall–Kier alpha value is -3.27. The minimum absolute atomic E-state index is 0.176. The summed E-state index contributed by atoms with van der Waals surface area (Å²) in [7, 11) is 0. The number of anilines is 2. The molecule has 24 heavy (non-hydrogen) atoms. The lowest BCUT2D eigenvalue weighted by Crippen LogP contribution is -2.08. The number of ketones is 1. The van der Waals surface area contributed by atoms with Gasteiger partial charge in [0, 0.05) is 11.6 Å². The molecule has 0 spiro atoms. The van der Waals surface area contributed by atoms with Crippen molar-refractivity contribution < 1.29 is 9.53 Å². The topological polar surface area (TPSA) is 78.3 Å². The Morgan fingerprint density at radius 3 is 2.17 bits per heavy atom. The highest BCUT2D eigenvalue weighted by atomic mass is 16.5. The van der Waals surface area contributed by atoms with Gasteiger partial charge in [0.15, 0.2) is 5.78 Å².